The molecule has 0 spiro atoms. The molecule has 4 nitrogen and oxygen atoms in total. The molecule has 0 aliphatic carbocycles. The quantitative estimate of drug-likeness (QED) is 0.561. The highest BCUT2D eigenvalue weighted by Gasteiger charge is 2.09. The topological polar surface area (TPSA) is 61.5 Å². The fraction of sp³-hybridized carbons (Fsp3) is 0.500. The summed E-state index contributed by atoms with van der Waals surface area (Å²) in [4.78, 5) is 11.2. The average molecular weight is 309 g/mol. The number of benzene rings is 1. The van der Waals surface area contributed by atoms with Crippen LogP contribution in [0.1, 0.15) is 38.2 Å². The predicted octanol–water partition coefficient (Wildman–Crippen LogP) is 2.98. The summed E-state index contributed by atoms with van der Waals surface area (Å²) in [6.07, 6.45) is 2.31. The highest BCUT2D eigenvalue weighted by molar-refractivity contribution is 7.80. The zero-order valence-corrected chi connectivity index (χ0v) is 13.2. The third-order valence-electron chi connectivity index (χ3n) is 2.99. The number of ether oxygens (including phenoxy) is 2. The number of hydrogen-bond donors (Lipinski definition) is 1. The second-order valence-corrected chi connectivity index (χ2v) is 5.24. The molecule has 0 heterocycles. The third kappa shape index (κ3) is 8.42. The molecular formula is C16H23NO3S. The van der Waals surface area contributed by atoms with Crippen molar-refractivity contribution < 1.29 is 14.3 Å². The van der Waals surface area contributed by atoms with Crippen molar-refractivity contribution >= 4 is 23.2 Å². The number of thiocarbonyl (C=S) groups is 1. The third-order valence-corrected chi connectivity index (χ3v) is 3.31. The van der Waals surface area contributed by atoms with E-state index < -0.39 is 0 Å². The zero-order chi connectivity index (χ0) is 15.5. The van der Waals surface area contributed by atoms with E-state index in [0.717, 1.165) is 5.56 Å². The standard InChI is InChI=1S/C16H23NO3S/c1-2-19-15(18)10-8-14(17)9-11-16(21)20-12-13-6-4-3-5-7-13/h3-7,14H,2,8-12,17H2,1H3/t14-/m0/s1. The Morgan fingerprint density at radius 2 is 1.86 bits per heavy atom. The highest BCUT2D eigenvalue weighted by atomic mass is 32.1. The number of nitrogens with two attached hydrogens (primary N) is 1. The van der Waals surface area contributed by atoms with Gasteiger partial charge in [0.25, 0.3) is 0 Å². The van der Waals surface area contributed by atoms with E-state index in [4.69, 9.17) is 27.4 Å². The van der Waals surface area contributed by atoms with Crippen molar-refractivity contribution in [2.75, 3.05) is 6.61 Å². The van der Waals surface area contributed by atoms with Crippen LogP contribution in [-0.2, 0) is 20.9 Å². The molecule has 0 saturated carbocycles. The van der Waals surface area contributed by atoms with Crippen molar-refractivity contribution in [2.45, 2.75) is 45.3 Å². The number of carbonyl (C=O) groups excluding carboxylic acids is 1. The summed E-state index contributed by atoms with van der Waals surface area (Å²) in [6.45, 7) is 2.68. The first kappa shape index (κ1) is 17.6. The molecule has 0 fully saturated rings. The van der Waals surface area contributed by atoms with E-state index in [2.05, 4.69) is 0 Å². The van der Waals surface area contributed by atoms with Gasteiger partial charge in [-0.1, -0.05) is 30.3 Å². The minimum atomic E-state index is -0.198. The van der Waals surface area contributed by atoms with Gasteiger partial charge in [-0.25, -0.2) is 0 Å². The largest absolute Gasteiger partial charge is 0.482 e. The Balaban J connectivity index is 2.13. The molecule has 0 aliphatic heterocycles. The molecule has 2 N–H and O–H groups in total. The first-order valence-electron chi connectivity index (χ1n) is 7.22. The van der Waals surface area contributed by atoms with Crippen LogP contribution in [0.4, 0.5) is 0 Å². The van der Waals surface area contributed by atoms with Crippen molar-refractivity contribution in [3.63, 3.8) is 0 Å². The molecular weight excluding hydrogens is 286 g/mol. The molecule has 116 valence electrons. The molecule has 1 aromatic rings. The summed E-state index contributed by atoms with van der Waals surface area (Å²) >= 11 is 5.18. The zero-order valence-electron chi connectivity index (χ0n) is 12.4. The monoisotopic (exact) mass is 309 g/mol. The van der Waals surface area contributed by atoms with Gasteiger partial charge >= 0.3 is 5.97 Å². The molecule has 1 rings (SSSR count). The van der Waals surface area contributed by atoms with Crippen LogP contribution in [0, 0.1) is 0 Å². The number of hydrogen-bond acceptors (Lipinski definition) is 5. The summed E-state index contributed by atoms with van der Waals surface area (Å²) in [7, 11) is 0. The van der Waals surface area contributed by atoms with Gasteiger partial charge in [0.1, 0.15) is 6.61 Å². The van der Waals surface area contributed by atoms with Gasteiger partial charge in [-0.3, -0.25) is 4.79 Å². The predicted molar refractivity (Wildman–Crippen MR) is 86.9 cm³/mol. The molecule has 0 bridgehead atoms. The van der Waals surface area contributed by atoms with Gasteiger partial charge in [0.2, 0.25) is 0 Å². The number of esters is 1. The van der Waals surface area contributed by atoms with E-state index >= 15 is 0 Å². The Bertz CT molecular complexity index is 436. The normalized spacial score (nSPS) is 11.7. The molecule has 0 aliphatic rings. The van der Waals surface area contributed by atoms with Crippen molar-refractivity contribution in [1.82, 2.24) is 0 Å². The van der Waals surface area contributed by atoms with Gasteiger partial charge < -0.3 is 15.2 Å². The van der Waals surface area contributed by atoms with Crippen LogP contribution in [0.3, 0.4) is 0 Å². The molecule has 21 heavy (non-hydrogen) atoms. The molecule has 0 saturated heterocycles. The van der Waals surface area contributed by atoms with Crippen LogP contribution in [0.5, 0.6) is 0 Å². The van der Waals surface area contributed by atoms with E-state index in [9.17, 15) is 4.79 Å². The maximum atomic E-state index is 11.2. The van der Waals surface area contributed by atoms with Gasteiger partial charge in [0, 0.05) is 18.9 Å². The molecule has 0 unspecified atom stereocenters. The van der Waals surface area contributed by atoms with Crippen molar-refractivity contribution in [1.29, 1.82) is 0 Å². The minimum absolute atomic E-state index is 0.0623. The summed E-state index contributed by atoms with van der Waals surface area (Å²) < 4.78 is 10.4. The average Bonchev–Trinajstić information content (AvgIpc) is 2.50. The van der Waals surface area contributed by atoms with Crippen LogP contribution < -0.4 is 5.73 Å². The second kappa shape index (κ2) is 10.3. The first-order chi connectivity index (χ1) is 10.1. The van der Waals surface area contributed by atoms with Crippen LogP contribution >= 0.6 is 12.2 Å². The van der Waals surface area contributed by atoms with Crippen LogP contribution in [0.15, 0.2) is 30.3 Å². The lowest BCUT2D eigenvalue weighted by atomic mass is 10.1. The molecule has 0 radical (unpaired) electrons. The van der Waals surface area contributed by atoms with E-state index in [0.29, 0.717) is 43.9 Å². The summed E-state index contributed by atoms with van der Waals surface area (Å²) in [5, 5.41) is 0.561. The minimum Gasteiger partial charge on any atom is -0.482 e. The SMILES string of the molecule is CCOC(=O)CC[C@H](N)CCC(=S)OCc1ccccc1. The molecule has 5 heteroatoms. The van der Waals surface area contributed by atoms with Crippen molar-refractivity contribution in [2.24, 2.45) is 5.73 Å². The second-order valence-electron chi connectivity index (χ2n) is 4.79. The van der Waals surface area contributed by atoms with Gasteiger partial charge in [-0.2, -0.15) is 0 Å². The van der Waals surface area contributed by atoms with Gasteiger partial charge in [-0.15, -0.1) is 0 Å². The maximum Gasteiger partial charge on any atom is 0.305 e. The van der Waals surface area contributed by atoms with E-state index in [1.165, 1.54) is 0 Å². The number of rotatable bonds is 9. The fourth-order valence-corrected chi connectivity index (χ4v) is 1.97. The van der Waals surface area contributed by atoms with Crippen LogP contribution in [0.2, 0.25) is 0 Å². The van der Waals surface area contributed by atoms with Crippen molar-refractivity contribution in [3.8, 4) is 0 Å². The summed E-state index contributed by atoms with van der Waals surface area (Å²) in [6, 6.07) is 9.82. The Kier molecular flexibility index (Phi) is 8.62. The maximum absolute atomic E-state index is 11.2. The van der Waals surface area contributed by atoms with Gasteiger partial charge in [0.05, 0.1) is 6.61 Å². The Hall–Kier alpha value is -1.46. The molecule has 0 aromatic heterocycles. The molecule has 1 aromatic carbocycles. The lowest BCUT2D eigenvalue weighted by Gasteiger charge is -2.12. The van der Waals surface area contributed by atoms with Gasteiger partial charge in [-0.05, 0) is 37.5 Å². The Morgan fingerprint density at radius 1 is 1.19 bits per heavy atom. The highest BCUT2D eigenvalue weighted by Crippen LogP contribution is 2.08. The van der Waals surface area contributed by atoms with Crippen LogP contribution in [-0.4, -0.2) is 23.7 Å². The van der Waals surface area contributed by atoms with E-state index in [1.807, 2.05) is 30.3 Å². The van der Waals surface area contributed by atoms with E-state index in [-0.39, 0.29) is 12.0 Å². The Morgan fingerprint density at radius 3 is 2.52 bits per heavy atom. The lowest BCUT2D eigenvalue weighted by Crippen LogP contribution is -2.22. The fourth-order valence-electron chi connectivity index (χ4n) is 1.79. The Labute approximate surface area is 131 Å². The molecule has 1 atom stereocenters. The molecule has 0 amide bonds. The van der Waals surface area contributed by atoms with Crippen molar-refractivity contribution in [3.05, 3.63) is 35.9 Å². The first-order valence-corrected chi connectivity index (χ1v) is 7.63. The summed E-state index contributed by atoms with van der Waals surface area (Å²) in [5.41, 5.74) is 7.04. The lowest BCUT2D eigenvalue weighted by molar-refractivity contribution is -0.143. The smallest absolute Gasteiger partial charge is 0.305 e. The van der Waals surface area contributed by atoms with Crippen LogP contribution in [0.25, 0.3) is 0 Å². The van der Waals surface area contributed by atoms with Gasteiger partial charge in [0.15, 0.2) is 5.05 Å². The van der Waals surface area contributed by atoms with E-state index in [1.54, 1.807) is 6.92 Å². The summed E-state index contributed by atoms with van der Waals surface area (Å²) in [5.74, 6) is -0.198. The number of carbonyl (C=O) groups is 1.